The number of nitrogens with zero attached hydrogens (tertiary/aromatic N) is 1. The van der Waals surface area contributed by atoms with Crippen LogP contribution < -0.4 is 10.1 Å². The number of allylic oxidation sites excluding steroid dienone is 1. The Morgan fingerprint density at radius 3 is 2.51 bits per heavy atom. The number of amides is 1. The lowest BCUT2D eigenvalue weighted by Crippen LogP contribution is -2.27. The normalized spacial score (nSPS) is 14.2. The van der Waals surface area contributed by atoms with E-state index in [0.717, 1.165) is 27.6 Å². The summed E-state index contributed by atoms with van der Waals surface area (Å²) < 4.78 is 13.3. The maximum Gasteiger partial charge on any atom is 0.412 e. The third kappa shape index (κ3) is 4.43. The molecule has 176 valence electrons. The van der Waals surface area contributed by atoms with Crippen molar-refractivity contribution in [3.8, 4) is 16.9 Å². The number of aromatic nitrogens is 1. The highest BCUT2D eigenvalue weighted by molar-refractivity contribution is 6.16. The number of benzene rings is 3. The van der Waals surface area contributed by atoms with E-state index >= 15 is 0 Å². The van der Waals surface area contributed by atoms with E-state index in [1.165, 1.54) is 0 Å². The van der Waals surface area contributed by atoms with Gasteiger partial charge in [-0.05, 0) is 62.2 Å². The van der Waals surface area contributed by atoms with Crippen LogP contribution in [0.25, 0.3) is 28.1 Å². The first-order valence-corrected chi connectivity index (χ1v) is 11.4. The molecule has 0 fully saturated rings. The van der Waals surface area contributed by atoms with Crippen molar-refractivity contribution in [3.63, 3.8) is 0 Å². The zero-order valence-corrected chi connectivity index (χ0v) is 20.1. The van der Waals surface area contributed by atoms with Crippen LogP contribution in [0, 0.1) is 0 Å². The van der Waals surface area contributed by atoms with Gasteiger partial charge in [-0.15, -0.1) is 0 Å². The molecule has 0 bridgehead atoms. The van der Waals surface area contributed by atoms with Crippen LogP contribution in [-0.4, -0.2) is 22.0 Å². The first-order chi connectivity index (χ1) is 16.7. The van der Waals surface area contributed by atoms with Crippen LogP contribution in [0.1, 0.15) is 36.7 Å². The van der Waals surface area contributed by atoms with Crippen molar-refractivity contribution in [1.82, 2.24) is 4.57 Å². The summed E-state index contributed by atoms with van der Waals surface area (Å²) in [6.45, 7) is 5.38. The highest BCUT2D eigenvalue weighted by atomic mass is 16.6. The van der Waals surface area contributed by atoms with Crippen LogP contribution in [0.3, 0.4) is 0 Å². The van der Waals surface area contributed by atoms with Gasteiger partial charge in [0.1, 0.15) is 11.4 Å². The van der Waals surface area contributed by atoms with Crippen LogP contribution >= 0.6 is 0 Å². The monoisotopic (exact) mass is 466 g/mol. The van der Waals surface area contributed by atoms with Crippen molar-refractivity contribution >= 4 is 34.5 Å². The summed E-state index contributed by atoms with van der Waals surface area (Å²) in [5.74, 6) is 0.464. The molecule has 35 heavy (non-hydrogen) atoms. The van der Waals surface area contributed by atoms with Gasteiger partial charge in [0, 0.05) is 35.4 Å². The second-order valence-electron chi connectivity index (χ2n) is 9.54. The van der Waals surface area contributed by atoms with Crippen LogP contribution in [0.15, 0.2) is 78.7 Å². The lowest BCUT2D eigenvalue weighted by Gasteiger charge is -2.19. The van der Waals surface area contributed by atoms with E-state index in [4.69, 9.17) is 9.47 Å². The molecule has 0 spiro atoms. The predicted molar refractivity (Wildman–Crippen MR) is 138 cm³/mol. The number of anilines is 1. The Morgan fingerprint density at radius 1 is 1.00 bits per heavy atom. The number of hydrogen-bond acceptors (Lipinski definition) is 4. The molecule has 4 aromatic rings. The van der Waals surface area contributed by atoms with Gasteiger partial charge in [-0.2, -0.15) is 0 Å². The Morgan fingerprint density at radius 2 is 1.77 bits per heavy atom. The van der Waals surface area contributed by atoms with E-state index in [2.05, 4.69) is 29.6 Å². The topological polar surface area (TPSA) is 69.6 Å². The molecule has 1 amide bonds. The number of ketones is 1. The molecule has 1 aliphatic heterocycles. The molecular formula is C29H26N2O4. The van der Waals surface area contributed by atoms with Gasteiger partial charge in [-0.25, -0.2) is 4.79 Å². The number of ether oxygens (including phenoxy) is 2. The minimum absolute atomic E-state index is 0.234. The first kappa shape index (κ1) is 22.5. The van der Waals surface area contributed by atoms with Crippen LogP contribution in [0.2, 0.25) is 0 Å². The maximum atomic E-state index is 13.2. The van der Waals surface area contributed by atoms with Crippen LogP contribution in [-0.2, 0) is 11.8 Å². The third-order valence-electron chi connectivity index (χ3n) is 5.73. The molecule has 0 saturated heterocycles. The highest BCUT2D eigenvalue weighted by Crippen LogP contribution is 2.37. The Bertz CT molecular complexity index is 1490. The quantitative estimate of drug-likeness (QED) is 0.337. The molecule has 0 saturated carbocycles. The molecule has 5 rings (SSSR count). The van der Waals surface area contributed by atoms with Crippen molar-refractivity contribution in [2.24, 2.45) is 7.05 Å². The Balaban J connectivity index is 1.49. The van der Waals surface area contributed by atoms with E-state index in [1.807, 2.05) is 42.1 Å². The van der Waals surface area contributed by atoms with E-state index in [9.17, 15) is 9.59 Å². The second kappa shape index (κ2) is 8.47. The molecule has 2 heterocycles. The second-order valence-corrected chi connectivity index (χ2v) is 9.54. The average molecular weight is 467 g/mol. The van der Waals surface area contributed by atoms with Crippen molar-refractivity contribution in [2.45, 2.75) is 26.4 Å². The summed E-state index contributed by atoms with van der Waals surface area (Å²) in [6.07, 6.45) is 3.21. The third-order valence-corrected chi connectivity index (χ3v) is 5.73. The first-order valence-electron chi connectivity index (χ1n) is 11.4. The Labute approximate surface area is 203 Å². The standard InChI is InChI=1S/C29H26N2O4/c1-29(2,3)35-28(33)30-20-13-14-24-22(16-20)27(32)25(34-24)15-19-17-31(4)23-12-8-11-21(26(19)23)18-9-6-5-7-10-18/h5-17H,1-4H3,(H,30,33). The SMILES string of the molecule is Cn1cc(C=C2Oc3ccc(NC(=O)OC(C)(C)C)cc3C2=O)c2c(-c3ccccc3)cccc21. The molecule has 3 aromatic carbocycles. The summed E-state index contributed by atoms with van der Waals surface area (Å²) >= 11 is 0. The maximum absolute atomic E-state index is 13.2. The Kier molecular flexibility index (Phi) is 5.44. The van der Waals surface area contributed by atoms with Crippen LogP contribution in [0.4, 0.5) is 10.5 Å². The summed E-state index contributed by atoms with van der Waals surface area (Å²) in [6, 6.07) is 21.3. The molecular weight excluding hydrogens is 440 g/mol. The van der Waals surface area contributed by atoms with Gasteiger partial charge in [0.05, 0.1) is 5.56 Å². The highest BCUT2D eigenvalue weighted by Gasteiger charge is 2.29. The summed E-state index contributed by atoms with van der Waals surface area (Å²) in [7, 11) is 1.99. The molecule has 1 aliphatic rings. The average Bonchev–Trinajstić information content (AvgIpc) is 3.29. The van der Waals surface area contributed by atoms with Crippen molar-refractivity contribution in [3.05, 3.63) is 89.8 Å². The van der Waals surface area contributed by atoms with Gasteiger partial charge < -0.3 is 14.0 Å². The fourth-order valence-electron chi connectivity index (χ4n) is 4.28. The van der Waals surface area contributed by atoms with Gasteiger partial charge >= 0.3 is 6.09 Å². The number of aryl methyl sites for hydroxylation is 1. The summed E-state index contributed by atoms with van der Waals surface area (Å²) in [4.78, 5) is 25.3. The number of nitrogens with one attached hydrogen (secondary N) is 1. The van der Waals surface area contributed by atoms with Crippen molar-refractivity contribution in [1.29, 1.82) is 0 Å². The van der Waals surface area contributed by atoms with E-state index in [1.54, 1.807) is 45.0 Å². The van der Waals surface area contributed by atoms with Crippen molar-refractivity contribution < 1.29 is 19.1 Å². The number of rotatable bonds is 3. The molecule has 6 nitrogen and oxygen atoms in total. The minimum atomic E-state index is -0.618. The van der Waals surface area contributed by atoms with Gasteiger partial charge in [0.15, 0.2) is 5.76 Å². The fraction of sp³-hybridized carbons (Fsp3) is 0.172. The molecule has 0 atom stereocenters. The lowest BCUT2D eigenvalue weighted by atomic mass is 9.98. The molecule has 0 unspecified atom stereocenters. The molecule has 0 radical (unpaired) electrons. The molecule has 1 N–H and O–H groups in total. The Hall–Kier alpha value is -4.32. The molecule has 1 aromatic heterocycles. The zero-order chi connectivity index (χ0) is 24.7. The van der Waals surface area contributed by atoms with E-state index in [-0.39, 0.29) is 11.5 Å². The fourth-order valence-corrected chi connectivity index (χ4v) is 4.28. The minimum Gasteiger partial charge on any atom is -0.452 e. The predicted octanol–water partition coefficient (Wildman–Crippen LogP) is 6.81. The van der Waals surface area contributed by atoms with Gasteiger partial charge in [-0.1, -0.05) is 42.5 Å². The van der Waals surface area contributed by atoms with E-state index < -0.39 is 11.7 Å². The van der Waals surface area contributed by atoms with Crippen LogP contribution in [0.5, 0.6) is 5.75 Å². The molecule has 0 aliphatic carbocycles. The summed E-state index contributed by atoms with van der Waals surface area (Å²) in [5.41, 5.74) is 4.38. The number of hydrogen-bond donors (Lipinski definition) is 1. The van der Waals surface area contributed by atoms with Gasteiger partial charge in [0.2, 0.25) is 5.78 Å². The number of carbonyl (C=O) groups excluding carboxylic acids is 2. The van der Waals surface area contributed by atoms with Crippen molar-refractivity contribution in [2.75, 3.05) is 5.32 Å². The van der Waals surface area contributed by atoms with Gasteiger partial charge in [-0.3, -0.25) is 10.1 Å². The zero-order valence-electron chi connectivity index (χ0n) is 20.1. The smallest absolute Gasteiger partial charge is 0.412 e. The number of Topliss-reactive ketones (excluding diaryl/α,β-unsaturated/α-hetero) is 1. The van der Waals surface area contributed by atoms with E-state index in [0.29, 0.717) is 17.0 Å². The van der Waals surface area contributed by atoms with Gasteiger partial charge in [0.25, 0.3) is 0 Å². The number of carbonyl (C=O) groups is 2. The summed E-state index contributed by atoms with van der Waals surface area (Å²) in [5, 5.41) is 3.72. The lowest BCUT2D eigenvalue weighted by molar-refractivity contribution is 0.0635. The molecule has 6 heteroatoms. The largest absolute Gasteiger partial charge is 0.452 e. The number of fused-ring (bicyclic) bond motifs is 2.